The predicted molar refractivity (Wildman–Crippen MR) is 100 cm³/mol. The summed E-state index contributed by atoms with van der Waals surface area (Å²) in [5.74, 6) is -0.212. The molecule has 0 aliphatic heterocycles. The van der Waals surface area contributed by atoms with Crippen LogP contribution in [0.25, 0.3) is 10.9 Å². The molecule has 2 heterocycles. The second-order valence-corrected chi connectivity index (χ2v) is 6.95. The van der Waals surface area contributed by atoms with Crippen molar-refractivity contribution in [3.05, 3.63) is 76.4 Å². The molecule has 0 aliphatic rings. The Labute approximate surface area is 148 Å². The van der Waals surface area contributed by atoms with E-state index in [4.69, 9.17) is 0 Å². The standard InChI is InChI=1S/C19H16N4OS/c1-12-7-8-14-11-16(20-15(14)9-12)18(24)21-19-23-22-17(25-19)10-13-5-3-2-4-6-13/h2-9,11,20H,10H2,1H3,(H,21,23,24). The summed E-state index contributed by atoms with van der Waals surface area (Å²) >= 11 is 1.39. The van der Waals surface area contributed by atoms with E-state index in [1.807, 2.05) is 61.5 Å². The molecule has 0 bridgehead atoms. The number of nitrogens with zero attached hydrogens (tertiary/aromatic N) is 2. The van der Waals surface area contributed by atoms with Gasteiger partial charge in [0.15, 0.2) is 0 Å². The molecule has 0 atom stereocenters. The molecular weight excluding hydrogens is 332 g/mol. The van der Waals surface area contributed by atoms with Crippen LogP contribution in [0, 0.1) is 6.92 Å². The highest BCUT2D eigenvalue weighted by Gasteiger charge is 2.13. The van der Waals surface area contributed by atoms with Gasteiger partial charge in [0.1, 0.15) is 10.7 Å². The maximum absolute atomic E-state index is 12.4. The average Bonchev–Trinajstić information content (AvgIpc) is 3.22. The van der Waals surface area contributed by atoms with Crippen molar-refractivity contribution in [3.63, 3.8) is 0 Å². The summed E-state index contributed by atoms with van der Waals surface area (Å²) in [6.45, 7) is 2.02. The SMILES string of the molecule is Cc1ccc2cc(C(=O)Nc3nnc(Cc4ccccc4)s3)[nH]c2c1. The molecule has 25 heavy (non-hydrogen) atoms. The number of benzene rings is 2. The molecule has 2 N–H and O–H groups in total. The van der Waals surface area contributed by atoms with Crippen molar-refractivity contribution >= 4 is 33.3 Å². The van der Waals surface area contributed by atoms with Gasteiger partial charge < -0.3 is 4.98 Å². The highest BCUT2D eigenvalue weighted by molar-refractivity contribution is 7.15. The number of hydrogen-bond acceptors (Lipinski definition) is 4. The first-order valence-corrected chi connectivity index (χ1v) is 8.76. The molecule has 0 aliphatic carbocycles. The molecule has 2 aromatic heterocycles. The van der Waals surface area contributed by atoms with Crippen molar-refractivity contribution in [2.45, 2.75) is 13.3 Å². The normalized spacial score (nSPS) is 10.9. The van der Waals surface area contributed by atoms with E-state index in [1.54, 1.807) is 0 Å². The fraction of sp³-hybridized carbons (Fsp3) is 0.105. The van der Waals surface area contributed by atoms with Crippen LogP contribution < -0.4 is 5.32 Å². The number of aromatic nitrogens is 3. The largest absolute Gasteiger partial charge is 0.351 e. The number of carbonyl (C=O) groups excluding carboxylic acids is 1. The monoisotopic (exact) mass is 348 g/mol. The molecule has 0 saturated heterocycles. The van der Waals surface area contributed by atoms with Gasteiger partial charge in [-0.05, 0) is 30.2 Å². The van der Waals surface area contributed by atoms with E-state index >= 15 is 0 Å². The second-order valence-electron chi connectivity index (χ2n) is 5.89. The highest BCUT2D eigenvalue weighted by Crippen LogP contribution is 2.21. The molecule has 1 amide bonds. The smallest absolute Gasteiger partial charge is 0.273 e. The van der Waals surface area contributed by atoms with Gasteiger partial charge in [-0.15, -0.1) is 10.2 Å². The van der Waals surface area contributed by atoms with Crippen molar-refractivity contribution in [1.82, 2.24) is 15.2 Å². The molecular formula is C19H16N4OS. The van der Waals surface area contributed by atoms with Crippen molar-refractivity contribution in [2.75, 3.05) is 5.32 Å². The van der Waals surface area contributed by atoms with E-state index in [1.165, 1.54) is 16.9 Å². The van der Waals surface area contributed by atoms with Gasteiger partial charge in [0.05, 0.1) is 0 Å². The molecule has 4 aromatic rings. The lowest BCUT2D eigenvalue weighted by Gasteiger charge is -1.97. The van der Waals surface area contributed by atoms with Gasteiger partial charge >= 0.3 is 0 Å². The summed E-state index contributed by atoms with van der Waals surface area (Å²) in [7, 11) is 0. The predicted octanol–water partition coefficient (Wildman–Crippen LogP) is 4.17. The van der Waals surface area contributed by atoms with Gasteiger partial charge in [-0.1, -0.05) is 53.8 Å². The lowest BCUT2D eigenvalue weighted by atomic mass is 10.2. The zero-order chi connectivity index (χ0) is 17.2. The minimum Gasteiger partial charge on any atom is -0.351 e. The van der Waals surface area contributed by atoms with Crippen LogP contribution in [0.2, 0.25) is 0 Å². The summed E-state index contributed by atoms with van der Waals surface area (Å²) in [5.41, 5.74) is 3.78. The van der Waals surface area contributed by atoms with E-state index < -0.39 is 0 Å². The van der Waals surface area contributed by atoms with Gasteiger partial charge in [0.25, 0.3) is 5.91 Å². The Morgan fingerprint density at radius 2 is 1.96 bits per heavy atom. The Hall–Kier alpha value is -2.99. The second kappa shape index (κ2) is 6.49. The van der Waals surface area contributed by atoms with Crippen LogP contribution >= 0.6 is 11.3 Å². The number of hydrogen-bond donors (Lipinski definition) is 2. The molecule has 0 radical (unpaired) electrons. The van der Waals surface area contributed by atoms with Gasteiger partial charge in [-0.2, -0.15) is 0 Å². The number of H-pyrrole nitrogens is 1. The minimum absolute atomic E-state index is 0.212. The molecule has 0 saturated carbocycles. The Balaban J connectivity index is 1.48. The number of amides is 1. The van der Waals surface area contributed by atoms with Gasteiger partial charge in [0, 0.05) is 17.3 Å². The summed E-state index contributed by atoms with van der Waals surface area (Å²) in [6, 6.07) is 18.0. The van der Waals surface area contributed by atoms with Crippen molar-refractivity contribution in [3.8, 4) is 0 Å². The third-order valence-electron chi connectivity index (χ3n) is 3.91. The minimum atomic E-state index is -0.212. The van der Waals surface area contributed by atoms with E-state index in [-0.39, 0.29) is 5.91 Å². The van der Waals surface area contributed by atoms with Crippen molar-refractivity contribution < 1.29 is 4.79 Å². The molecule has 4 rings (SSSR count). The third kappa shape index (κ3) is 3.44. The molecule has 6 heteroatoms. The van der Waals surface area contributed by atoms with Gasteiger partial charge in [-0.25, -0.2) is 0 Å². The maximum Gasteiger partial charge on any atom is 0.273 e. The van der Waals surface area contributed by atoms with Crippen molar-refractivity contribution in [1.29, 1.82) is 0 Å². The zero-order valence-corrected chi connectivity index (χ0v) is 14.4. The Morgan fingerprint density at radius 1 is 1.12 bits per heavy atom. The van der Waals surface area contributed by atoms with Crippen LogP contribution in [0.3, 0.4) is 0 Å². The highest BCUT2D eigenvalue weighted by atomic mass is 32.1. The van der Waals surface area contributed by atoms with Crippen molar-refractivity contribution in [2.24, 2.45) is 0 Å². The number of rotatable bonds is 4. The summed E-state index contributed by atoms with van der Waals surface area (Å²) < 4.78 is 0. The first-order chi connectivity index (χ1) is 12.2. The van der Waals surface area contributed by atoms with Gasteiger partial charge in [-0.3, -0.25) is 10.1 Å². The van der Waals surface area contributed by atoms with E-state index in [0.717, 1.165) is 21.5 Å². The Morgan fingerprint density at radius 3 is 2.80 bits per heavy atom. The summed E-state index contributed by atoms with van der Waals surface area (Å²) in [5, 5.41) is 13.4. The molecule has 124 valence electrons. The van der Waals surface area contributed by atoms with Crippen LogP contribution in [-0.4, -0.2) is 21.1 Å². The molecule has 0 unspecified atom stereocenters. The van der Waals surface area contributed by atoms with E-state index in [0.29, 0.717) is 17.2 Å². The van der Waals surface area contributed by atoms with Crippen LogP contribution in [0.4, 0.5) is 5.13 Å². The molecule has 2 aromatic carbocycles. The van der Waals surface area contributed by atoms with Crippen LogP contribution in [0.5, 0.6) is 0 Å². The number of aromatic amines is 1. The number of anilines is 1. The Kier molecular flexibility index (Phi) is 4.03. The number of fused-ring (bicyclic) bond motifs is 1. The van der Waals surface area contributed by atoms with E-state index in [9.17, 15) is 4.79 Å². The molecule has 0 fully saturated rings. The lowest BCUT2D eigenvalue weighted by molar-refractivity contribution is 0.102. The van der Waals surface area contributed by atoms with Crippen LogP contribution in [0.15, 0.2) is 54.6 Å². The number of aryl methyl sites for hydroxylation is 1. The van der Waals surface area contributed by atoms with E-state index in [2.05, 4.69) is 20.5 Å². The third-order valence-corrected chi connectivity index (χ3v) is 4.75. The fourth-order valence-electron chi connectivity index (χ4n) is 2.67. The summed E-state index contributed by atoms with van der Waals surface area (Å²) in [6.07, 6.45) is 0.708. The first-order valence-electron chi connectivity index (χ1n) is 7.94. The number of carbonyl (C=O) groups is 1. The zero-order valence-electron chi connectivity index (χ0n) is 13.6. The number of nitrogens with one attached hydrogen (secondary N) is 2. The van der Waals surface area contributed by atoms with Crippen LogP contribution in [0.1, 0.15) is 26.6 Å². The lowest BCUT2D eigenvalue weighted by Crippen LogP contribution is -2.11. The fourth-order valence-corrected chi connectivity index (χ4v) is 3.44. The average molecular weight is 348 g/mol. The molecule has 5 nitrogen and oxygen atoms in total. The maximum atomic E-state index is 12.4. The Bertz CT molecular complexity index is 1040. The summed E-state index contributed by atoms with van der Waals surface area (Å²) in [4.78, 5) is 15.6. The quantitative estimate of drug-likeness (QED) is 0.581. The molecule has 0 spiro atoms. The van der Waals surface area contributed by atoms with Crippen LogP contribution in [-0.2, 0) is 6.42 Å². The van der Waals surface area contributed by atoms with Gasteiger partial charge in [0.2, 0.25) is 5.13 Å². The first kappa shape index (κ1) is 15.5. The topological polar surface area (TPSA) is 70.7 Å².